The molecule has 1 aromatic heterocycles. The Balaban J connectivity index is 2.05. The van der Waals surface area contributed by atoms with Gasteiger partial charge in [-0.1, -0.05) is 0 Å². The van der Waals surface area contributed by atoms with Crippen molar-refractivity contribution in [2.45, 2.75) is 39.4 Å². The number of amides is 1. The van der Waals surface area contributed by atoms with Crippen LogP contribution in [-0.4, -0.2) is 54.6 Å². The summed E-state index contributed by atoms with van der Waals surface area (Å²) < 4.78 is 16.1. The van der Waals surface area contributed by atoms with E-state index in [1.165, 1.54) is 13.2 Å². The molecule has 1 aliphatic heterocycles. The molecule has 3 rings (SSSR count). The summed E-state index contributed by atoms with van der Waals surface area (Å²) in [6.07, 6.45) is 0.126. The van der Waals surface area contributed by atoms with Gasteiger partial charge < -0.3 is 23.9 Å². The van der Waals surface area contributed by atoms with Gasteiger partial charge in [-0.05, 0) is 32.4 Å². The Labute approximate surface area is 161 Å². The van der Waals surface area contributed by atoms with Crippen molar-refractivity contribution >= 4 is 23.2 Å². The number of methoxy groups -OCH3 is 1. The van der Waals surface area contributed by atoms with Gasteiger partial charge in [-0.15, -0.1) is 0 Å². The van der Waals surface area contributed by atoms with Crippen LogP contribution in [0.4, 0.5) is 0 Å². The Morgan fingerprint density at radius 3 is 2.57 bits per heavy atom. The second kappa shape index (κ2) is 7.63. The van der Waals surface area contributed by atoms with Crippen LogP contribution in [0.15, 0.2) is 15.3 Å². The number of morpholine rings is 1. The van der Waals surface area contributed by atoms with Gasteiger partial charge in [0.05, 0.1) is 31.3 Å². The second-order valence-corrected chi connectivity index (χ2v) is 7.06. The van der Waals surface area contributed by atoms with E-state index in [2.05, 4.69) is 0 Å². The lowest BCUT2D eigenvalue weighted by molar-refractivity contribution is -0.142. The number of phenols is 1. The Morgan fingerprint density at radius 1 is 1.36 bits per heavy atom. The summed E-state index contributed by atoms with van der Waals surface area (Å²) in [6.45, 7) is 6.38. The Morgan fingerprint density at radius 2 is 2.00 bits per heavy atom. The number of benzene rings is 1. The van der Waals surface area contributed by atoms with Crippen LogP contribution in [0, 0.1) is 6.92 Å². The number of ether oxygens (including phenoxy) is 2. The number of hydrogen-bond acceptors (Lipinski definition) is 7. The predicted molar refractivity (Wildman–Crippen MR) is 101 cm³/mol. The molecule has 2 atom stereocenters. The van der Waals surface area contributed by atoms with Crippen LogP contribution < -0.4 is 10.4 Å². The molecule has 1 saturated heterocycles. The molecule has 0 aliphatic carbocycles. The number of rotatable bonds is 4. The molecule has 0 unspecified atom stereocenters. The van der Waals surface area contributed by atoms with Gasteiger partial charge in [0.15, 0.2) is 23.4 Å². The van der Waals surface area contributed by atoms with Gasteiger partial charge in [-0.3, -0.25) is 9.59 Å². The highest BCUT2D eigenvalue weighted by Crippen LogP contribution is 2.36. The van der Waals surface area contributed by atoms with E-state index in [4.69, 9.17) is 13.9 Å². The number of aryl methyl sites for hydroxylation is 1. The van der Waals surface area contributed by atoms with Gasteiger partial charge >= 0.3 is 5.63 Å². The average Bonchev–Trinajstić information content (AvgIpc) is 2.64. The molecule has 1 fully saturated rings. The third kappa shape index (κ3) is 3.47. The fourth-order valence-corrected chi connectivity index (χ4v) is 3.62. The molecule has 0 bridgehead atoms. The smallest absolute Gasteiger partial charge is 0.340 e. The zero-order chi connectivity index (χ0) is 20.6. The highest BCUT2D eigenvalue weighted by molar-refractivity contribution is 6.00. The van der Waals surface area contributed by atoms with Crippen LogP contribution in [-0.2, 0) is 16.0 Å². The number of hydrogen-bond donors (Lipinski definition) is 1. The van der Waals surface area contributed by atoms with Crippen molar-refractivity contribution < 1.29 is 28.6 Å². The van der Waals surface area contributed by atoms with Gasteiger partial charge in [0.25, 0.3) is 0 Å². The number of nitrogens with zero attached hydrogens (tertiary/aromatic N) is 1. The SMILES string of the molecule is COc1cc2c(C)c(CC(=O)N3C[C@H](C)O[C@@H](C)C3)c(=O)oc2c(C=O)c1O. The van der Waals surface area contributed by atoms with Gasteiger partial charge in [0.2, 0.25) is 5.91 Å². The molecule has 1 aliphatic rings. The standard InChI is InChI=1S/C20H23NO7/c1-10-7-21(8-11(2)27-10)17(23)6-14-12(3)13-5-16(26-4)18(24)15(9-22)19(13)28-20(14)25/h5,9-11,24H,6-8H2,1-4H3/t10-,11-/m0/s1. The number of carbonyl (C=O) groups excluding carboxylic acids is 2. The van der Waals surface area contributed by atoms with Gasteiger partial charge in [0.1, 0.15) is 5.56 Å². The van der Waals surface area contributed by atoms with E-state index in [-0.39, 0.29) is 47.0 Å². The van der Waals surface area contributed by atoms with Crippen molar-refractivity contribution in [1.82, 2.24) is 4.90 Å². The highest BCUT2D eigenvalue weighted by Gasteiger charge is 2.28. The number of aromatic hydroxyl groups is 1. The molecule has 8 nitrogen and oxygen atoms in total. The fraction of sp³-hybridized carbons (Fsp3) is 0.450. The minimum Gasteiger partial charge on any atom is -0.504 e. The first kappa shape index (κ1) is 19.9. The Kier molecular flexibility index (Phi) is 5.42. The highest BCUT2D eigenvalue weighted by atomic mass is 16.5. The van der Waals surface area contributed by atoms with E-state index < -0.39 is 11.4 Å². The molecular formula is C20H23NO7. The molecule has 0 spiro atoms. The van der Waals surface area contributed by atoms with Crippen molar-refractivity contribution in [2.75, 3.05) is 20.2 Å². The molecule has 28 heavy (non-hydrogen) atoms. The second-order valence-electron chi connectivity index (χ2n) is 7.06. The predicted octanol–water partition coefficient (Wildman–Crippen LogP) is 1.81. The van der Waals surface area contributed by atoms with E-state index >= 15 is 0 Å². The van der Waals surface area contributed by atoms with E-state index in [0.29, 0.717) is 30.3 Å². The summed E-state index contributed by atoms with van der Waals surface area (Å²) in [6, 6.07) is 1.49. The summed E-state index contributed by atoms with van der Waals surface area (Å²) in [5.41, 5.74) is -0.173. The molecule has 0 radical (unpaired) electrons. The van der Waals surface area contributed by atoms with E-state index in [1.54, 1.807) is 11.8 Å². The molecule has 1 amide bonds. The van der Waals surface area contributed by atoms with Crippen molar-refractivity contribution in [3.05, 3.63) is 33.2 Å². The average molecular weight is 389 g/mol. The van der Waals surface area contributed by atoms with Crippen LogP contribution >= 0.6 is 0 Å². The molecule has 150 valence electrons. The first-order valence-electron chi connectivity index (χ1n) is 9.01. The molecule has 2 heterocycles. The molecule has 1 N–H and O–H groups in total. The van der Waals surface area contributed by atoms with Gasteiger partial charge in [0, 0.05) is 18.5 Å². The zero-order valence-electron chi connectivity index (χ0n) is 16.3. The van der Waals surface area contributed by atoms with Crippen LogP contribution in [0.2, 0.25) is 0 Å². The lowest BCUT2D eigenvalue weighted by Crippen LogP contribution is -2.49. The zero-order valence-corrected chi connectivity index (χ0v) is 16.3. The van der Waals surface area contributed by atoms with Crippen LogP contribution in [0.3, 0.4) is 0 Å². The summed E-state index contributed by atoms with van der Waals surface area (Å²) in [7, 11) is 1.36. The van der Waals surface area contributed by atoms with Crippen molar-refractivity contribution in [3.8, 4) is 11.5 Å². The third-order valence-electron chi connectivity index (χ3n) is 4.99. The number of phenolic OH excluding ortho intramolecular Hbond substituents is 1. The normalized spacial score (nSPS) is 19.6. The quantitative estimate of drug-likeness (QED) is 0.628. The Hall–Kier alpha value is -2.87. The lowest BCUT2D eigenvalue weighted by atomic mass is 10.00. The summed E-state index contributed by atoms with van der Waals surface area (Å²) >= 11 is 0. The summed E-state index contributed by atoms with van der Waals surface area (Å²) in [5, 5.41) is 10.5. The fourth-order valence-electron chi connectivity index (χ4n) is 3.62. The van der Waals surface area contributed by atoms with Crippen LogP contribution in [0.25, 0.3) is 11.0 Å². The van der Waals surface area contributed by atoms with Crippen LogP contribution in [0.5, 0.6) is 11.5 Å². The third-order valence-corrected chi connectivity index (χ3v) is 4.99. The van der Waals surface area contributed by atoms with Crippen molar-refractivity contribution in [2.24, 2.45) is 0 Å². The first-order valence-corrected chi connectivity index (χ1v) is 9.01. The molecule has 2 aromatic rings. The maximum Gasteiger partial charge on any atom is 0.340 e. The van der Waals surface area contributed by atoms with Crippen LogP contribution in [0.1, 0.15) is 35.3 Å². The van der Waals surface area contributed by atoms with E-state index in [0.717, 1.165) is 0 Å². The number of aldehydes is 1. The minimum atomic E-state index is -0.708. The van der Waals surface area contributed by atoms with Gasteiger partial charge in [-0.2, -0.15) is 0 Å². The number of carbonyl (C=O) groups is 2. The Bertz CT molecular complexity index is 984. The largest absolute Gasteiger partial charge is 0.504 e. The summed E-state index contributed by atoms with van der Waals surface area (Å²) in [4.78, 5) is 38.4. The number of fused-ring (bicyclic) bond motifs is 1. The minimum absolute atomic E-state index is 0.0272. The first-order chi connectivity index (χ1) is 13.3. The molecule has 1 aromatic carbocycles. The van der Waals surface area contributed by atoms with E-state index in [1.807, 2.05) is 13.8 Å². The van der Waals surface area contributed by atoms with E-state index in [9.17, 15) is 19.5 Å². The molecule has 8 heteroatoms. The topological polar surface area (TPSA) is 106 Å². The molecule has 0 saturated carbocycles. The maximum atomic E-state index is 12.8. The maximum absolute atomic E-state index is 12.8. The monoisotopic (exact) mass is 389 g/mol. The lowest BCUT2D eigenvalue weighted by Gasteiger charge is -2.35. The molecular weight excluding hydrogens is 366 g/mol. The van der Waals surface area contributed by atoms with Gasteiger partial charge in [-0.25, -0.2) is 4.79 Å². The van der Waals surface area contributed by atoms with Crippen molar-refractivity contribution in [1.29, 1.82) is 0 Å². The summed E-state index contributed by atoms with van der Waals surface area (Å²) in [5.74, 6) is -0.509. The van der Waals surface area contributed by atoms with Crippen molar-refractivity contribution in [3.63, 3.8) is 0 Å².